The fourth-order valence-electron chi connectivity index (χ4n) is 3.32. The third-order valence-electron chi connectivity index (χ3n) is 4.81. The van der Waals surface area contributed by atoms with Gasteiger partial charge in [-0.15, -0.1) is 0 Å². The van der Waals surface area contributed by atoms with Crippen molar-refractivity contribution in [3.63, 3.8) is 0 Å². The Morgan fingerprint density at radius 1 is 1.11 bits per heavy atom. The van der Waals surface area contributed by atoms with E-state index >= 15 is 0 Å². The minimum absolute atomic E-state index is 0.204. The first-order chi connectivity index (χ1) is 13.3. The van der Waals surface area contributed by atoms with Crippen molar-refractivity contribution in [2.75, 3.05) is 0 Å². The largest absolute Gasteiger partial charge is 0.436 e. The van der Waals surface area contributed by atoms with Crippen molar-refractivity contribution in [2.45, 2.75) is 37.6 Å². The summed E-state index contributed by atoms with van der Waals surface area (Å²) in [4.78, 5) is 16.9. The molecule has 8 heteroatoms. The molecule has 1 fully saturated rings. The first-order valence-corrected chi connectivity index (χ1v) is 9.60. The molecule has 4 rings (SSSR count). The molecule has 4 nitrogen and oxygen atoms in total. The lowest BCUT2D eigenvalue weighted by Gasteiger charge is -2.28. The molecule has 1 aliphatic rings. The SMILES string of the molecule is O=C(NC1CCC(F)(F)CC1)c1ccc2nc(-c3cc(Cl)cc(Cl)c3)oc2c1. The van der Waals surface area contributed by atoms with E-state index in [0.29, 0.717) is 38.2 Å². The highest BCUT2D eigenvalue weighted by Gasteiger charge is 2.35. The number of carbonyl (C=O) groups excluding carboxylic acids is 1. The number of hydrogen-bond acceptors (Lipinski definition) is 3. The predicted octanol–water partition coefficient (Wildman–Crippen LogP) is 6.11. The molecule has 0 aliphatic heterocycles. The average molecular weight is 425 g/mol. The lowest BCUT2D eigenvalue weighted by molar-refractivity contribution is -0.0399. The van der Waals surface area contributed by atoms with Crippen LogP contribution in [-0.2, 0) is 0 Å². The number of halogens is 4. The third kappa shape index (κ3) is 4.13. The molecule has 1 aromatic heterocycles. The predicted molar refractivity (Wildman–Crippen MR) is 104 cm³/mol. The molecule has 0 spiro atoms. The molecule has 28 heavy (non-hydrogen) atoms. The highest BCUT2D eigenvalue weighted by atomic mass is 35.5. The second kappa shape index (κ2) is 7.33. The minimum atomic E-state index is -2.63. The van der Waals surface area contributed by atoms with Crippen molar-refractivity contribution < 1.29 is 18.0 Å². The van der Waals surface area contributed by atoms with E-state index in [0.717, 1.165) is 0 Å². The maximum atomic E-state index is 13.3. The molecule has 1 aliphatic carbocycles. The Morgan fingerprint density at radius 3 is 2.46 bits per heavy atom. The van der Waals surface area contributed by atoms with E-state index in [1.165, 1.54) is 0 Å². The molecule has 0 saturated heterocycles. The first kappa shape index (κ1) is 19.2. The van der Waals surface area contributed by atoms with Crippen molar-refractivity contribution in [2.24, 2.45) is 0 Å². The molecular weight excluding hydrogens is 409 g/mol. The van der Waals surface area contributed by atoms with Crippen LogP contribution >= 0.6 is 23.2 Å². The number of nitrogens with zero attached hydrogens (tertiary/aromatic N) is 1. The molecule has 0 radical (unpaired) electrons. The lowest BCUT2D eigenvalue weighted by Crippen LogP contribution is -2.40. The van der Waals surface area contributed by atoms with Crippen molar-refractivity contribution in [1.82, 2.24) is 10.3 Å². The molecule has 1 amide bonds. The van der Waals surface area contributed by atoms with Crippen LogP contribution in [0, 0.1) is 0 Å². The number of hydrogen-bond donors (Lipinski definition) is 1. The van der Waals surface area contributed by atoms with Crippen molar-refractivity contribution in [3.05, 3.63) is 52.0 Å². The van der Waals surface area contributed by atoms with E-state index in [-0.39, 0.29) is 37.6 Å². The second-order valence-corrected chi connectivity index (χ2v) is 7.84. The summed E-state index contributed by atoms with van der Waals surface area (Å²) in [5, 5.41) is 3.74. The number of nitrogens with one attached hydrogen (secondary N) is 1. The Balaban J connectivity index is 1.54. The summed E-state index contributed by atoms with van der Waals surface area (Å²) in [6.07, 6.45) is 0.126. The summed E-state index contributed by atoms with van der Waals surface area (Å²) in [6.45, 7) is 0. The van der Waals surface area contributed by atoms with Crippen LogP contribution < -0.4 is 5.32 Å². The lowest BCUT2D eigenvalue weighted by atomic mass is 9.92. The summed E-state index contributed by atoms with van der Waals surface area (Å²) < 4.78 is 32.3. The monoisotopic (exact) mass is 424 g/mol. The average Bonchev–Trinajstić information content (AvgIpc) is 3.06. The van der Waals surface area contributed by atoms with E-state index in [4.69, 9.17) is 27.6 Å². The van der Waals surface area contributed by atoms with Gasteiger partial charge in [-0.3, -0.25) is 4.79 Å². The van der Waals surface area contributed by atoms with Gasteiger partial charge in [-0.1, -0.05) is 23.2 Å². The summed E-state index contributed by atoms with van der Waals surface area (Å²) in [5.41, 5.74) is 2.04. The van der Waals surface area contributed by atoms with Gasteiger partial charge < -0.3 is 9.73 Å². The standard InChI is InChI=1S/C20H16Cl2F2N2O2/c21-13-7-12(8-14(22)10-13)19-26-16-2-1-11(9-17(16)28-19)18(27)25-15-3-5-20(23,24)6-4-15/h1-2,7-10,15H,3-6H2,(H,25,27). The molecule has 2 aromatic carbocycles. The van der Waals surface area contributed by atoms with Crippen molar-refractivity contribution in [3.8, 4) is 11.5 Å². The smallest absolute Gasteiger partial charge is 0.251 e. The summed E-state index contributed by atoms with van der Waals surface area (Å²) in [6, 6.07) is 9.63. The minimum Gasteiger partial charge on any atom is -0.436 e. The zero-order valence-corrected chi connectivity index (χ0v) is 16.2. The van der Waals surface area contributed by atoms with E-state index < -0.39 is 5.92 Å². The van der Waals surface area contributed by atoms with E-state index in [1.807, 2.05) is 0 Å². The zero-order valence-electron chi connectivity index (χ0n) is 14.6. The first-order valence-electron chi connectivity index (χ1n) is 8.85. The fraction of sp³-hybridized carbons (Fsp3) is 0.300. The summed E-state index contributed by atoms with van der Waals surface area (Å²) >= 11 is 12.0. The molecule has 3 aromatic rings. The molecule has 0 atom stereocenters. The Kier molecular flexibility index (Phi) is 5.02. The van der Waals surface area contributed by atoms with Gasteiger partial charge in [0.25, 0.3) is 5.91 Å². The Hall–Kier alpha value is -2.18. The van der Waals surface area contributed by atoms with Gasteiger partial charge in [0.2, 0.25) is 11.8 Å². The molecule has 0 unspecified atom stereocenters. The van der Waals surface area contributed by atoms with Gasteiger partial charge >= 0.3 is 0 Å². The third-order valence-corrected chi connectivity index (χ3v) is 5.25. The zero-order chi connectivity index (χ0) is 19.9. The molecule has 0 bridgehead atoms. The quantitative estimate of drug-likeness (QED) is 0.551. The van der Waals surface area contributed by atoms with Crippen LogP contribution in [0.5, 0.6) is 0 Å². The molecule has 1 N–H and O–H groups in total. The molecular formula is C20H16Cl2F2N2O2. The highest BCUT2D eigenvalue weighted by molar-refractivity contribution is 6.35. The van der Waals surface area contributed by atoms with Gasteiger partial charge in [-0.25, -0.2) is 13.8 Å². The molecule has 1 heterocycles. The van der Waals surface area contributed by atoms with E-state index in [1.54, 1.807) is 36.4 Å². The molecule has 1 saturated carbocycles. The Morgan fingerprint density at radius 2 is 1.79 bits per heavy atom. The van der Waals surface area contributed by atoms with Gasteiger partial charge in [0.05, 0.1) is 0 Å². The number of oxazole rings is 1. The van der Waals surface area contributed by atoms with E-state index in [2.05, 4.69) is 10.3 Å². The molecule has 146 valence electrons. The number of benzene rings is 2. The van der Waals surface area contributed by atoms with Gasteiger partial charge in [0.1, 0.15) is 5.52 Å². The number of fused-ring (bicyclic) bond motifs is 1. The number of rotatable bonds is 3. The second-order valence-electron chi connectivity index (χ2n) is 6.96. The maximum absolute atomic E-state index is 13.3. The fourth-order valence-corrected chi connectivity index (χ4v) is 3.85. The van der Waals surface area contributed by atoms with Gasteiger partial charge in [-0.2, -0.15) is 0 Å². The van der Waals surface area contributed by atoms with Gasteiger partial charge in [0.15, 0.2) is 5.58 Å². The summed E-state index contributed by atoms with van der Waals surface area (Å²) in [5.74, 6) is -2.60. The Labute approximate surface area is 169 Å². The van der Waals surface area contributed by atoms with E-state index in [9.17, 15) is 13.6 Å². The maximum Gasteiger partial charge on any atom is 0.251 e. The van der Waals surface area contributed by atoms with Crippen LogP contribution in [-0.4, -0.2) is 22.9 Å². The van der Waals surface area contributed by atoms with Gasteiger partial charge in [-0.05, 0) is 49.2 Å². The van der Waals surface area contributed by atoms with Crippen LogP contribution in [0.4, 0.5) is 8.78 Å². The van der Waals surface area contributed by atoms with Crippen LogP contribution in [0.2, 0.25) is 10.0 Å². The van der Waals surface area contributed by atoms with Crippen LogP contribution in [0.15, 0.2) is 40.8 Å². The normalized spacial score (nSPS) is 17.0. The van der Waals surface area contributed by atoms with Crippen molar-refractivity contribution >= 4 is 40.2 Å². The number of carbonyl (C=O) groups is 1. The number of aromatic nitrogens is 1. The summed E-state index contributed by atoms with van der Waals surface area (Å²) in [7, 11) is 0. The number of amides is 1. The van der Waals surface area contributed by atoms with Gasteiger partial charge in [0, 0.05) is 40.1 Å². The van der Waals surface area contributed by atoms with Crippen LogP contribution in [0.1, 0.15) is 36.0 Å². The van der Waals surface area contributed by atoms with Crippen LogP contribution in [0.3, 0.4) is 0 Å². The Bertz CT molecular complexity index is 1020. The highest BCUT2D eigenvalue weighted by Crippen LogP contribution is 2.33. The topological polar surface area (TPSA) is 55.1 Å². The number of alkyl halides is 2. The van der Waals surface area contributed by atoms with Crippen molar-refractivity contribution in [1.29, 1.82) is 0 Å². The van der Waals surface area contributed by atoms with Crippen LogP contribution in [0.25, 0.3) is 22.6 Å².